The quantitative estimate of drug-likeness (QED) is 0.798. The monoisotopic (exact) mass is 381 g/mol. The van der Waals surface area contributed by atoms with Crippen LogP contribution < -0.4 is 0 Å². The van der Waals surface area contributed by atoms with Crippen LogP contribution in [0.25, 0.3) is 10.8 Å². The smallest absolute Gasteiger partial charge is 0.229 e. The fourth-order valence-corrected chi connectivity index (χ4v) is 7.16. The molecule has 5 nitrogen and oxygen atoms in total. The first kappa shape index (κ1) is 18.4. The number of sulfonamides is 1. The molecule has 1 fully saturated rings. The minimum Gasteiger partial charge on any atom is -0.229 e. The number of hydrogen-bond acceptors (Lipinski definition) is 4. The molecule has 1 aliphatic rings. The molecule has 2 aromatic carbocycles. The van der Waals surface area contributed by atoms with Crippen molar-refractivity contribution in [1.82, 2.24) is 4.31 Å². The third-order valence-electron chi connectivity index (χ3n) is 4.89. The molecule has 0 spiro atoms. The Balaban J connectivity index is 2.06. The second-order valence-corrected chi connectivity index (χ2v) is 10.7. The van der Waals surface area contributed by atoms with Gasteiger partial charge in [0.2, 0.25) is 10.0 Å². The van der Waals surface area contributed by atoms with E-state index in [1.54, 1.807) is 18.2 Å². The fraction of sp³-hybridized carbons (Fsp3) is 0.444. The van der Waals surface area contributed by atoms with Crippen molar-refractivity contribution in [2.75, 3.05) is 11.5 Å². The van der Waals surface area contributed by atoms with Gasteiger partial charge in [0, 0.05) is 12.1 Å². The fourth-order valence-electron chi connectivity index (χ4n) is 3.40. The zero-order valence-electron chi connectivity index (χ0n) is 14.4. The summed E-state index contributed by atoms with van der Waals surface area (Å²) in [6.07, 6.45) is 0.989. The summed E-state index contributed by atoms with van der Waals surface area (Å²) in [6.45, 7) is 3.75. The van der Waals surface area contributed by atoms with Gasteiger partial charge in [-0.05, 0) is 42.7 Å². The summed E-state index contributed by atoms with van der Waals surface area (Å²) in [5.41, 5.74) is 0. The van der Waals surface area contributed by atoms with E-state index in [0.29, 0.717) is 12.8 Å². The highest BCUT2D eigenvalue weighted by molar-refractivity contribution is 7.92. The summed E-state index contributed by atoms with van der Waals surface area (Å²) in [5.74, 6) is -0.0397. The third-order valence-corrected chi connectivity index (χ3v) is 8.70. The molecule has 0 N–H and O–H groups in total. The van der Waals surface area contributed by atoms with E-state index in [2.05, 4.69) is 0 Å². The number of nitrogens with zero attached hydrogens (tertiary/aromatic N) is 1. The highest BCUT2D eigenvalue weighted by Crippen LogP contribution is 2.29. The minimum atomic E-state index is -3.77. The van der Waals surface area contributed by atoms with Crippen molar-refractivity contribution in [2.24, 2.45) is 0 Å². The van der Waals surface area contributed by atoms with E-state index in [1.807, 2.05) is 38.1 Å². The normalized spacial score (nSPS) is 21.6. The van der Waals surface area contributed by atoms with Gasteiger partial charge in [-0.15, -0.1) is 0 Å². The molecular weight excluding hydrogens is 358 g/mol. The zero-order valence-corrected chi connectivity index (χ0v) is 16.1. The molecule has 2 atom stereocenters. The average Bonchev–Trinajstić information content (AvgIpc) is 2.93. The number of hydrogen-bond donors (Lipinski definition) is 0. The Labute approximate surface area is 149 Å². The average molecular weight is 382 g/mol. The Bertz CT molecular complexity index is 983. The van der Waals surface area contributed by atoms with Gasteiger partial charge in [0.15, 0.2) is 9.84 Å². The lowest BCUT2D eigenvalue weighted by Crippen LogP contribution is -2.46. The van der Waals surface area contributed by atoms with Crippen molar-refractivity contribution in [2.45, 2.75) is 43.7 Å². The van der Waals surface area contributed by atoms with Crippen molar-refractivity contribution < 1.29 is 16.8 Å². The first-order valence-electron chi connectivity index (χ1n) is 8.47. The lowest BCUT2D eigenvalue weighted by molar-refractivity contribution is 0.271. The lowest BCUT2D eigenvalue weighted by Gasteiger charge is -2.32. The molecule has 3 rings (SSSR count). The van der Waals surface area contributed by atoms with Crippen LogP contribution in [-0.4, -0.2) is 44.7 Å². The summed E-state index contributed by atoms with van der Waals surface area (Å²) >= 11 is 0. The van der Waals surface area contributed by atoms with Crippen LogP contribution in [0.2, 0.25) is 0 Å². The van der Waals surface area contributed by atoms with Crippen molar-refractivity contribution in [1.29, 1.82) is 0 Å². The van der Waals surface area contributed by atoms with Gasteiger partial charge < -0.3 is 0 Å². The number of benzene rings is 2. The van der Waals surface area contributed by atoms with Gasteiger partial charge in [0.1, 0.15) is 0 Å². The van der Waals surface area contributed by atoms with Crippen LogP contribution in [0.4, 0.5) is 0 Å². The summed E-state index contributed by atoms with van der Waals surface area (Å²) < 4.78 is 51.8. The maximum Gasteiger partial charge on any atom is 0.243 e. The van der Waals surface area contributed by atoms with E-state index in [0.717, 1.165) is 10.8 Å². The van der Waals surface area contributed by atoms with Crippen molar-refractivity contribution in [3.05, 3.63) is 42.5 Å². The summed E-state index contributed by atoms with van der Waals surface area (Å²) in [5, 5.41) is 1.83. The summed E-state index contributed by atoms with van der Waals surface area (Å²) in [4.78, 5) is 0.218. The van der Waals surface area contributed by atoms with Crippen molar-refractivity contribution in [3.8, 4) is 0 Å². The van der Waals surface area contributed by atoms with Crippen LogP contribution in [-0.2, 0) is 19.9 Å². The predicted octanol–water partition coefficient (Wildman–Crippen LogP) is 2.82. The van der Waals surface area contributed by atoms with Crippen LogP contribution in [0.1, 0.15) is 26.7 Å². The lowest BCUT2D eigenvalue weighted by atomic mass is 10.1. The third kappa shape index (κ3) is 3.59. The topological polar surface area (TPSA) is 71.5 Å². The van der Waals surface area contributed by atoms with Gasteiger partial charge >= 0.3 is 0 Å². The molecule has 1 saturated heterocycles. The molecule has 1 aliphatic heterocycles. The Morgan fingerprint density at radius 2 is 1.84 bits per heavy atom. The number of sulfone groups is 1. The Morgan fingerprint density at radius 3 is 2.44 bits per heavy atom. The van der Waals surface area contributed by atoms with Gasteiger partial charge in [0.05, 0.1) is 16.4 Å². The van der Waals surface area contributed by atoms with Crippen molar-refractivity contribution in [3.63, 3.8) is 0 Å². The van der Waals surface area contributed by atoms with E-state index >= 15 is 0 Å². The second-order valence-electron chi connectivity index (χ2n) is 6.66. The standard InChI is InChI=1S/C18H23NO4S2/c1-3-14(2)19(17-10-11-24(20,21)13-17)25(22,23)18-9-8-15-6-4-5-7-16(15)12-18/h4-9,12,14,17H,3,10-11,13H2,1-2H3/t14-,17+/m0/s1. The van der Waals surface area contributed by atoms with Crippen LogP contribution in [0.15, 0.2) is 47.4 Å². The minimum absolute atomic E-state index is 0.0534. The first-order valence-corrected chi connectivity index (χ1v) is 11.7. The molecule has 0 bridgehead atoms. The van der Waals surface area contributed by atoms with Crippen LogP contribution in [0, 0.1) is 0 Å². The molecule has 1 heterocycles. The molecule has 0 radical (unpaired) electrons. The van der Waals surface area contributed by atoms with Gasteiger partial charge in [-0.25, -0.2) is 16.8 Å². The second kappa shape index (κ2) is 6.70. The molecule has 7 heteroatoms. The largest absolute Gasteiger partial charge is 0.243 e. The molecule has 0 amide bonds. The van der Waals surface area contributed by atoms with E-state index in [1.165, 1.54) is 4.31 Å². The molecule has 0 unspecified atom stereocenters. The van der Waals surface area contributed by atoms with Gasteiger partial charge in [-0.2, -0.15) is 4.31 Å². The Hall–Kier alpha value is -1.44. The molecule has 0 aromatic heterocycles. The highest BCUT2D eigenvalue weighted by Gasteiger charge is 2.40. The van der Waals surface area contributed by atoms with Crippen LogP contribution in [0.5, 0.6) is 0 Å². The number of rotatable bonds is 5. The molecule has 136 valence electrons. The van der Waals surface area contributed by atoms with Crippen LogP contribution >= 0.6 is 0 Å². The van der Waals surface area contributed by atoms with Gasteiger partial charge in [-0.3, -0.25) is 0 Å². The van der Waals surface area contributed by atoms with Gasteiger partial charge in [0.25, 0.3) is 0 Å². The molecule has 2 aromatic rings. The SMILES string of the molecule is CC[C@H](C)N([C@@H]1CCS(=O)(=O)C1)S(=O)(=O)c1ccc2ccccc2c1. The van der Waals surface area contributed by atoms with Crippen LogP contribution in [0.3, 0.4) is 0 Å². The van der Waals surface area contributed by atoms with Gasteiger partial charge in [-0.1, -0.05) is 37.3 Å². The van der Waals surface area contributed by atoms with E-state index in [9.17, 15) is 16.8 Å². The first-order chi connectivity index (χ1) is 11.7. The summed E-state index contributed by atoms with van der Waals surface area (Å²) in [7, 11) is -6.93. The number of fused-ring (bicyclic) bond motifs is 1. The Morgan fingerprint density at radius 1 is 1.16 bits per heavy atom. The maximum atomic E-state index is 13.3. The predicted molar refractivity (Wildman–Crippen MR) is 99.8 cm³/mol. The van der Waals surface area contributed by atoms with E-state index in [-0.39, 0.29) is 22.4 Å². The molecule has 0 aliphatic carbocycles. The van der Waals surface area contributed by atoms with Crippen molar-refractivity contribution >= 4 is 30.6 Å². The maximum absolute atomic E-state index is 13.3. The zero-order chi connectivity index (χ0) is 18.2. The van der Waals surface area contributed by atoms with E-state index < -0.39 is 25.9 Å². The Kier molecular flexibility index (Phi) is 4.92. The molecule has 0 saturated carbocycles. The van der Waals surface area contributed by atoms with E-state index in [4.69, 9.17) is 0 Å². The highest BCUT2D eigenvalue weighted by atomic mass is 32.2. The molecule has 25 heavy (non-hydrogen) atoms. The molecular formula is C18H23NO4S2. The summed E-state index contributed by atoms with van der Waals surface area (Å²) in [6, 6.07) is 11.9.